The second-order valence-electron chi connectivity index (χ2n) is 8.12. The zero-order valence-corrected chi connectivity index (χ0v) is 16.3. The summed E-state index contributed by atoms with van der Waals surface area (Å²) >= 11 is 1.35. The lowest BCUT2D eigenvalue weighted by molar-refractivity contribution is -0.120. The minimum atomic E-state index is 0.111. The molecule has 3 aliphatic rings. The van der Waals surface area contributed by atoms with Crippen LogP contribution in [0, 0.1) is 11.8 Å². The highest BCUT2D eigenvalue weighted by atomic mass is 32.2. The van der Waals surface area contributed by atoms with Crippen LogP contribution in [-0.4, -0.2) is 40.9 Å². The number of nitrogens with one attached hydrogen (secondary N) is 1. The van der Waals surface area contributed by atoms with Crippen molar-refractivity contribution in [2.75, 3.05) is 18.8 Å². The summed E-state index contributed by atoms with van der Waals surface area (Å²) in [5.41, 5.74) is 0. The molecule has 5 heteroatoms. The van der Waals surface area contributed by atoms with Crippen molar-refractivity contribution >= 4 is 22.9 Å². The van der Waals surface area contributed by atoms with Gasteiger partial charge < -0.3 is 10.2 Å². The SMILES string of the molecule is O=C(CCSC(=O)N1CCCC2CCCCC21)NCC1CCCCC1. The first-order valence-electron chi connectivity index (χ1n) is 10.4. The van der Waals surface area contributed by atoms with Gasteiger partial charge in [0, 0.05) is 31.3 Å². The van der Waals surface area contributed by atoms with Gasteiger partial charge >= 0.3 is 0 Å². The lowest BCUT2D eigenvalue weighted by Gasteiger charge is -2.43. The number of likely N-dealkylation sites (tertiary alicyclic amines) is 1. The molecule has 1 heterocycles. The van der Waals surface area contributed by atoms with Crippen LogP contribution in [0.3, 0.4) is 0 Å². The van der Waals surface area contributed by atoms with Crippen LogP contribution < -0.4 is 5.32 Å². The molecule has 3 fully saturated rings. The predicted octanol–water partition coefficient (Wildman–Crippen LogP) is 4.58. The van der Waals surface area contributed by atoms with Crippen LogP contribution in [0.4, 0.5) is 4.79 Å². The molecular weight excluding hydrogens is 332 g/mol. The summed E-state index contributed by atoms with van der Waals surface area (Å²) in [7, 11) is 0. The van der Waals surface area contributed by atoms with Gasteiger partial charge in [-0.25, -0.2) is 0 Å². The molecule has 4 nitrogen and oxygen atoms in total. The van der Waals surface area contributed by atoms with Gasteiger partial charge in [0.25, 0.3) is 5.24 Å². The van der Waals surface area contributed by atoms with Crippen molar-refractivity contribution in [3.8, 4) is 0 Å². The van der Waals surface area contributed by atoms with E-state index in [0.29, 0.717) is 24.1 Å². The molecule has 0 aromatic rings. The summed E-state index contributed by atoms with van der Waals surface area (Å²) in [5.74, 6) is 2.12. The number of piperidine rings is 1. The molecule has 2 aliphatic carbocycles. The first-order chi connectivity index (χ1) is 12.2. The number of thioether (sulfide) groups is 1. The van der Waals surface area contributed by atoms with E-state index in [1.807, 2.05) is 0 Å². The van der Waals surface area contributed by atoms with Crippen LogP contribution in [-0.2, 0) is 4.79 Å². The minimum absolute atomic E-state index is 0.111. The standard InChI is InChI=1S/C20H34N2O2S/c23-19(21-15-16-7-2-1-3-8-16)12-14-25-20(24)22-13-6-10-17-9-4-5-11-18(17)22/h16-18H,1-15H2,(H,21,23). The van der Waals surface area contributed by atoms with Gasteiger partial charge in [0.05, 0.1) is 0 Å². The van der Waals surface area contributed by atoms with Crippen molar-refractivity contribution in [1.29, 1.82) is 0 Å². The van der Waals surface area contributed by atoms with Gasteiger partial charge in [-0.2, -0.15) is 0 Å². The Hall–Kier alpha value is -0.710. The maximum atomic E-state index is 12.6. The van der Waals surface area contributed by atoms with Crippen LogP contribution in [0.15, 0.2) is 0 Å². The molecular formula is C20H34N2O2S. The fourth-order valence-corrected chi connectivity index (χ4v) is 5.76. The molecule has 2 atom stereocenters. The number of hydrogen-bond donors (Lipinski definition) is 1. The molecule has 0 aromatic heterocycles. The van der Waals surface area contributed by atoms with Gasteiger partial charge in [-0.05, 0) is 50.4 Å². The normalized spacial score (nSPS) is 27.6. The highest BCUT2D eigenvalue weighted by molar-refractivity contribution is 8.13. The summed E-state index contributed by atoms with van der Waals surface area (Å²) in [6.45, 7) is 1.74. The lowest BCUT2D eigenvalue weighted by Crippen LogP contribution is -2.48. The summed E-state index contributed by atoms with van der Waals surface area (Å²) < 4.78 is 0. The van der Waals surface area contributed by atoms with E-state index in [2.05, 4.69) is 10.2 Å². The maximum absolute atomic E-state index is 12.6. The average Bonchev–Trinajstić information content (AvgIpc) is 2.66. The van der Waals surface area contributed by atoms with Crippen LogP contribution in [0.25, 0.3) is 0 Å². The highest BCUT2D eigenvalue weighted by Gasteiger charge is 2.35. The van der Waals surface area contributed by atoms with Gasteiger partial charge in [-0.3, -0.25) is 9.59 Å². The molecule has 1 aliphatic heterocycles. The quantitative estimate of drug-likeness (QED) is 0.775. The van der Waals surface area contributed by atoms with Gasteiger partial charge in [0.2, 0.25) is 5.91 Å². The number of hydrogen-bond acceptors (Lipinski definition) is 3. The van der Waals surface area contributed by atoms with Crippen molar-refractivity contribution < 1.29 is 9.59 Å². The molecule has 142 valence electrons. The van der Waals surface area contributed by atoms with Gasteiger partial charge in [-0.1, -0.05) is 43.9 Å². The molecule has 0 aromatic carbocycles. The van der Waals surface area contributed by atoms with E-state index in [0.717, 1.165) is 25.4 Å². The van der Waals surface area contributed by atoms with E-state index < -0.39 is 0 Å². The average molecular weight is 367 g/mol. The number of rotatable bonds is 5. The molecule has 3 rings (SSSR count). The summed E-state index contributed by atoms with van der Waals surface area (Å²) in [6.07, 6.45) is 14.4. The Kier molecular flexibility index (Phi) is 7.50. The van der Waals surface area contributed by atoms with Crippen molar-refractivity contribution in [1.82, 2.24) is 10.2 Å². The van der Waals surface area contributed by atoms with E-state index in [1.165, 1.54) is 76.0 Å². The van der Waals surface area contributed by atoms with Gasteiger partial charge in [0.1, 0.15) is 0 Å². The maximum Gasteiger partial charge on any atom is 0.281 e. The fraction of sp³-hybridized carbons (Fsp3) is 0.900. The Bertz CT molecular complexity index is 449. The lowest BCUT2D eigenvalue weighted by atomic mass is 9.78. The summed E-state index contributed by atoms with van der Waals surface area (Å²) in [5, 5.41) is 3.28. The van der Waals surface area contributed by atoms with Crippen LogP contribution >= 0.6 is 11.8 Å². The van der Waals surface area contributed by atoms with Crippen molar-refractivity contribution in [2.45, 2.75) is 83.1 Å². The Labute approximate surface area is 156 Å². The van der Waals surface area contributed by atoms with Crippen LogP contribution in [0.1, 0.15) is 77.0 Å². The zero-order valence-electron chi connectivity index (χ0n) is 15.5. The van der Waals surface area contributed by atoms with Crippen molar-refractivity contribution in [3.63, 3.8) is 0 Å². The highest BCUT2D eigenvalue weighted by Crippen LogP contribution is 2.36. The third kappa shape index (κ3) is 5.63. The molecule has 2 amide bonds. The molecule has 0 spiro atoms. The van der Waals surface area contributed by atoms with Crippen molar-refractivity contribution in [3.05, 3.63) is 0 Å². The van der Waals surface area contributed by atoms with Gasteiger partial charge in [0.15, 0.2) is 0 Å². The molecule has 2 unspecified atom stereocenters. The smallest absolute Gasteiger partial charge is 0.281 e. The Morgan fingerprint density at radius 1 is 0.920 bits per heavy atom. The van der Waals surface area contributed by atoms with E-state index in [-0.39, 0.29) is 11.1 Å². The Morgan fingerprint density at radius 3 is 2.48 bits per heavy atom. The molecule has 0 bridgehead atoms. The first-order valence-corrected chi connectivity index (χ1v) is 11.4. The van der Waals surface area contributed by atoms with E-state index >= 15 is 0 Å². The summed E-state index contributed by atoms with van der Waals surface area (Å²) in [4.78, 5) is 26.7. The number of carbonyl (C=O) groups is 2. The third-order valence-corrected chi connectivity index (χ3v) is 7.23. The first kappa shape index (κ1) is 19.1. The molecule has 25 heavy (non-hydrogen) atoms. The second kappa shape index (κ2) is 9.84. The predicted molar refractivity (Wildman–Crippen MR) is 104 cm³/mol. The van der Waals surface area contributed by atoms with Crippen LogP contribution in [0.2, 0.25) is 0 Å². The minimum Gasteiger partial charge on any atom is -0.356 e. The fourth-order valence-electron chi connectivity index (χ4n) is 4.90. The third-order valence-electron chi connectivity index (χ3n) is 6.35. The Balaban J connectivity index is 1.33. The van der Waals surface area contributed by atoms with Crippen LogP contribution in [0.5, 0.6) is 0 Å². The van der Waals surface area contributed by atoms with E-state index in [1.54, 1.807) is 0 Å². The zero-order chi connectivity index (χ0) is 17.5. The van der Waals surface area contributed by atoms with Crippen molar-refractivity contribution in [2.24, 2.45) is 11.8 Å². The molecule has 0 radical (unpaired) electrons. The number of nitrogens with zero attached hydrogens (tertiary/aromatic N) is 1. The number of fused-ring (bicyclic) bond motifs is 1. The second-order valence-corrected chi connectivity index (χ2v) is 9.17. The molecule has 1 N–H and O–H groups in total. The van der Waals surface area contributed by atoms with Gasteiger partial charge in [-0.15, -0.1) is 0 Å². The topological polar surface area (TPSA) is 49.4 Å². The molecule has 2 saturated carbocycles. The Morgan fingerprint density at radius 2 is 1.64 bits per heavy atom. The van der Waals surface area contributed by atoms with E-state index in [9.17, 15) is 9.59 Å². The molecule has 1 saturated heterocycles. The van der Waals surface area contributed by atoms with E-state index in [4.69, 9.17) is 0 Å². The summed E-state index contributed by atoms with van der Waals surface area (Å²) in [6, 6.07) is 0.475. The number of carbonyl (C=O) groups excluding carboxylic acids is 2. The monoisotopic (exact) mass is 366 g/mol. The largest absolute Gasteiger partial charge is 0.356 e. The number of amides is 2.